The fraction of sp³-hybridized carbons (Fsp3) is 0.548. The normalized spacial score (nSPS) is 22.8. The maximum atomic E-state index is 15.4. The van der Waals surface area contributed by atoms with Crippen molar-refractivity contribution in [2.75, 3.05) is 27.2 Å². The molecule has 4 amide bonds. The number of halogens is 4. The Bertz CT molecular complexity index is 2230. The zero-order chi connectivity index (χ0) is 42.3. The van der Waals surface area contributed by atoms with Crippen LogP contribution < -0.4 is 21.3 Å². The van der Waals surface area contributed by atoms with Gasteiger partial charge in [-0.15, -0.1) is 0 Å². The predicted octanol–water partition coefficient (Wildman–Crippen LogP) is 3.89. The van der Waals surface area contributed by atoms with Gasteiger partial charge < -0.3 is 40.6 Å². The second-order valence-electron chi connectivity index (χ2n) is 16.3. The van der Waals surface area contributed by atoms with Crippen LogP contribution in [0.1, 0.15) is 58.4 Å². The van der Waals surface area contributed by atoms with Crippen molar-refractivity contribution in [1.29, 1.82) is 0 Å². The molecule has 4 aromatic rings. The van der Waals surface area contributed by atoms with Gasteiger partial charge in [0.15, 0.2) is 5.82 Å². The van der Waals surface area contributed by atoms with Crippen molar-refractivity contribution in [2.24, 2.45) is 5.92 Å². The van der Waals surface area contributed by atoms with Gasteiger partial charge in [-0.2, -0.15) is 0 Å². The summed E-state index contributed by atoms with van der Waals surface area (Å²) < 4.78 is 62.2. The van der Waals surface area contributed by atoms with Crippen LogP contribution >= 0.6 is 0 Å². The number of alkyl halides is 2. The van der Waals surface area contributed by atoms with Crippen LogP contribution in [0.3, 0.4) is 0 Å². The molecule has 8 atom stereocenters. The topological polar surface area (TPSA) is 156 Å². The van der Waals surface area contributed by atoms with Gasteiger partial charge in [-0.25, -0.2) is 22.5 Å². The van der Waals surface area contributed by atoms with Gasteiger partial charge in [0.25, 0.3) is 0 Å². The third-order valence-corrected chi connectivity index (χ3v) is 12.3. The second kappa shape index (κ2) is 17.3. The Kier molecular flexibility index (Phi) is 12.3. The number of carbonyl (C=O) groups excluding carboxylic acids is 4. The SMILES string of the molecule is CCC(NC(=O)C(C)NC)C(=O)N1CC(F)CC1Cc1c(-c2nc3cc(F)ccc3n2CC2CC(F)CN2C(=O)C(NC(=O)C(C)NC)C2CC2)[nH]c2cc(F)ccc12. The summed E-state index contributed by atoms with van der Waals surface area (Å²) in [4.78, 5) is 65.0. The Balaban J connectivity index is 1.26. The zero-order valence-electron chi connectivity index (χ0n) is 34.0. The molecule has 2 aromatic carbocycles. The fourth-order valence-corrected chi connectivity index (χ4v) is 8.55. The molecule has 0 spiro atoms. The number of nitrogens with zero attached hydrogens (tertiary/aromatic N) is 4. The zero-order valence-corrected chi connectivity index (χ0v) is 34.0. The maximum absolute atomic E-state index is 15.4. The van der Waals surface area contributed by atoms with Crippen molar-refractivity contribution in [1.82, 2.24) is 45.6 Å². The molecule has 4 heterocycles. The van der Waals surface area contributed by atoms with Crippen LogP contribution in [0.15, 0.2) is 36.4 Å². The third kappa shape index (κ3) is 8.67. The monoisotopic (exact) mass is 823 g/mol. The molecule has 1 aliphatic carbocycles. The first kappa shape index (κ1) is 42.1. The minimum atomic E-state index is -1.34. The Morgan fingerprint density at radius 1 is 0.847 bits per heavy atom. The molecule has 2 saturated heterocycles. The number of nitrogens with one attached hydrogen (secondary N) is 5. The summed E-state index contributed by atoms with van der Waals surface area (Å²) in [6.07, 6.45) is -0.740. The molecule has 17 heteroatoms. The number of H-pyrrole nitrogens is 1. The van der Waals surface area contributed by atoms with E-state index in [-0.39, 0.29) is 74.5 Å². The molecule has 5 N–H and O–H groups in total. The summed E-state index contributed by atoms with van der Waals surface area (Å²) in [5, 5.41) is 12.0. The number of fused-ring (bicyclic) bond motifs is 2. The molecule has 2 aliphatic heterocycles. The number of benzene rings is 2. The highest BCUT2D eigenvalue weighted by molar-refractivity contribution is 5.93. The van der Waals surface area contributed by atoms with Crippen LogP contribution in [0.25, 0.3) is 33.5 Å². The van der Waals surface area contributed by atoms with Gasteiger partial charge in [0.05, 0.1) is 47.9 Å². The summed E-state index contributed by atoms with van der Waals surface area (Å²) in [6, 6.07) is 4.20. The summed E-state index contributed by atoms with van der Waals surface area (Å²) in [6.45, 7) is 4.83. The van der Waals surface area contributed by atoms with Gasteiger partial charge in [-0.3, -0.25) is 19.2 Å². The number of aromatic amines is 1. The number of likely N-dealkylation sites (N-methyl/N-ethyl adjacent to an activating group) is 2. The van der Waals surface area contributed by atoms with E-state index in [0.717, 1.165) is 12.8 Å². The summed E-state index contributed by atoms with van der Waals surface area (Å²) in [5.74, 6) is -2.31. The van der Waals surface area contributed by atoms with E-state index in [0.29, 0.717) is 33.5 Å². The molecule has 59 heavy (non-hydrogen) atoms. The van der Waals surface area contributed by atoms with Gasteiger partial charge in [0, 0.05) is 42.4 Å². The van der Waals surface area contributed by atoms with Crippen LogP contribution in [0, 0.1) is 17.6 Å². The molecule has 318 valence electrons. The quantitative estimate of drug-likeness (QED) is 0.114. The smallest absolute Gasteiger partial charge is 0.245 e. The van der Waals surface area contributed by atoms with Crippen molar-refractivity contribution in [3.63, 3.8) is 0 Å². The Morgan fingerprint density at radius 3 is 2.10 bits per heavy atom. The molecule has 3 fully saturated rings. The summed E-state index contributed by atoms with van der Waals surface area (Å²) in [5.41, 5.74) is 2.21. The van der Waals surface area contributed by atoms with E-state index in [4.69, 9.17) is 4.98 Å². The van der Waals surface area contributed by atoms with Crippen molar-refractivity contribution < 1.29 is 36.7 Å². The van der Waals surface area contributed by atoms with Crippen LogP contribution in [0.4, 0.5) is 17.6 Å². The lowest BCUT2D eigenvalue weighted by molar-refractivity contribution is -0.138. The minimum Gasteiger partial charge on any atom is -0.352 e. The molecule has 3 aliphatic rings. The van der Waals surface area contributed by atoms with E-state index in [2.05, 4.69) is 26.3 Å². The first-order valence-electron chi connectivity index (χ1n) is 20.5. The van der Waals surface area contributed by atoms with Crippen LogP contribution in [0.2, 0.25) is 0 Å². The number of hydrogen-bond donors (Lipinski definition) is 5. The highest BCUT2D eigenvalue weighted by Gasteiger charge is 2.45. The highest BCUT2D eigenvalue weighted by atomic mass is 19.1. The van der Waals surface area contributed by atoms with Crippen LogP contribution in [-0.2, 0) is 32.1 Å². The number of rotatable bonds is 15. The lowest BCUT2D eigenvalue weighted by atomic mass is 9.99. The Hall–Kier alpha value is -5.03. The van der Waals surface area contributed by atoms with Gasteiger partial charge in [-0.05, 0) is 95.4 Å². The van der Waals surface area contributed by atoms with Crippen molar-refractivity contribution in [3.05, 3.63) is 53.6 Å². The van der Waals surface area contributed by atoms with Crippen LogP contribution in [0.5, 0.6) is 0 Å². The molecule has 2 aromatic heterocycles. The number of aromatic nitrogens is 3. The molecule has 7 rings (SSSR count). The molecular weight excluding hydrogens is 771 g/mol. The molecular formula is C42H53F4N9O4. The summed E-state index contributed by atoms with van der Waals surface area (Å²) in [7, 11) is 3.28. The first-order chi connectivity index (χ1) is 28.2. The van der Waals surface area contributed by atoms with Crippen molar-refractivity contribution in [3.8, 4) is 11.5 Å². The van der Waals surface area contributed by atoms with Gasteiger partial charge >= 0.3 is 0 Å². The molecule has 8 unspecified atom stereocenters. The lowest BCUT2D eigenvalue weighted by Gasteiger charge is -2.30. The van der Waals surface area contributed by atoms with Crippen molar-refractivity contribution in [2.45, 2.75) is 114 Å². The number of carbonyl (C=O) groups is 4. The van der Waals surface area contributed by atoms with Crippen LogP contribution in [-0.4, -0.2) is 124 Å². The van der Waals surface area contributed by atoms with E-state index >= 15 is 8.78 Å². The molecule has 0 radical (unpaired) electrons. The Morgan fingerprint density at radius 2 is 1.46 bits per heavy atom. The lowest BCUT2D eigenvalue weighted by Crippen LogP contribution is -2.54. The number of imidazole rings is 1. The average molecular weight is 824 g/mol. The Labute approximate surface area is 340 Å². The third-order valence-electron chi connectivity index (χ3n) is 12.3. The fourth-order valence-electron chi connectivity index (χ4n) is 8.55. The van der Waals surface area contributed by atoms with Gasteiger partial charge in [-0.1, -0.05) is 6.92 Å². The van der Waals surface area contributed by atoms with Gasteiger partial charge in [0.1, 0.15) is 36.1 Å². The highest BCUT2D eigenvalue weighted by Crippen LogP contribution is 2.38. The largest absolute Gasteiger partial charge is 0.352 e. The first-order valence-corrected chi connectivity index (χ1v) is 20.5. The van der Waals surface area contributed by atoms with E-state index in [1.165, 1.54) is 34.1 Å². The molecule has 0 bridgehead atoms. The van der Waals surface area contributed by atoms with E-state index in [1.807, 2.05) is 0 Å². The maximum Gasteiger partial charge on any atom is 0.245 e. The number of likely N-dealkylation sites (tertiary alicyclic amines) is 2. The second-order valence-corrected chi connectivity index (χ2v) is 16.3. The van der Waals surface area contributed by atoms with E-state index in [9.17, 15) is 28.0 Å². The summed E-state index contributed by atoms with van der Waals surface area (Å²) >= 11 is 0. The average Bonchev–Trinajstić information content (AvgIpc) is 3.58. The van der Waals surface area contributed by atoms with E-state index in [1.54, 1.807) is 51.6 Å². The molecule has 13 nitrogen and oxygen atoms in total. The number of hydrogen-bond acceptors (Lipinski definition) is 7. The van der Waals surface area contributed by atoms with E-state index < -0.39 is 66.1 Å². The standard InChI is InChI=1S/C42H53F4N9O4/c1-6-32(51-39(56)21(2)47-4)41(58)53-18-26(45)13-28(53)17-31-30-11-9-24(43)15-33(30)49-37(31)38-50-34-16-25(44)10-12-35(34)55(38)20-29-14-27(46)19-54(29)42(59)36(23-7-8-23)52-40(57)22(3)48-5/h9-12,15-16,21-23,26-29,32,36,47-49H,6-8,13-14,17-20H2,1-5H3,(H,51,56)(H,52,57). The minimum absolute atomic E-state index is 0.00827. The number of amides is 4. The predicted molar refractivity (Wildman–Crippen MR) is 215 cm³/mol. The molecule has 1 saturated carbocycles. The van der Waals surface area contributed by atoms with Crippen molar-refractivity contribution >= 4 is 45.6 Å². The van der Waals surface area contributed by atoms with Gasteiger partial charge in [0.2, 0.25) is 23.6 Å².